The fourth-order valence-electron chi connectivity index (χ4n) is 2.89. The van der Waals surface area contributed by atoms with Crippen LogP contribution in [0.3, 0.4) is 0 Å². The summed E-state index contributed by atoms with van der Waals surface area (Å²) in [4.78, 5) is 25.4. The van der Waals surface area contributed by atoms with Gasteiger partial charge >= 0.3 is 0 Å². The summed E-state index contributed by atoms with van der Waals surface area (Å²) in [6.45, 7) is 4.71. The van der Waals surface area contributed by atoms with Crippen molar-refractivity contribution in [2.45, 2.75) is 33.1 Å². The molecule has 9 nitrogen and oxygen atoms in total. The molecule has 0 saturated carbocycles. The minimum atomic E-state index is -3.88. The van der Waals surface area contributed by atoms with E-state index in [0.29, 0.717) is 27.6 Å². The highest BCUT2D eigenvalue weighted by Gasteiger charge is 2.17. The molecule has 0 saturated heterocycles. The lowest BCUT2D eigenvalue weighted by Crippen LogP contribution is -2.36. The Morgan fingerprint density at radius 2 is 1.79 bits per heavy atom. The van der Waals surface area contributed by atoms with Crippen molar-refractivity contribution < 1.29 is 13.2 Å². The van der Waals surface area contributed by atoms with Gasteiger partial charge in [-0.2, -0.15) is 0 Å². The van der Waals surface area contributed by atoms with E-state index in [-0.39, 0.29) is 30.2 Å². The van der Waals surface area contributed by atoms with Crippen LogP contribution in [-0.2, 0) is 27.1 Å². The Morgan fingerprint density at radius 3 is 2.38 bits per heavy atom. The lowest BCUT2D eigenvalue weighted by molar-refractivity contribution is -0.121. The first-order chi connectivity index (χ1) is 15.9. The maximum Gasteiger partial charge on any atom is 0.275 e. The Hall–Kier alpha value is -3.37. The molecule has 1 aromatic heterocycles. The van der Waals surface area contributed by atoms with Gasteiger partial charge in [0.05, 0.1) is 5.75 Å². The number of aromatic nitrogens is 1. The number of nitrogens with two attached hydrogens (primary N) is 1. The van der Waals surface area contributed by atoms with E-state index < -0.39 is 21.5 Å². The van der Waals surface area contributed by atoms with Crippen LogP contribution in [0.4, 0.5) is 5.69 Å². The molecular formula is C23H28ClN5O4S. The quantitative estimate of drug-likeness (QED) is 0.289. The Bertz CT molecular complexity index is 1290. The summed E-state index contributed by atoms with van der Waals surface area (Å²) < 4.78 is 28.6. The first kappa shape index (κ1) is 26.9. The normalized spacial score (nSPS) is 12.4. The van der Waals surface area contributed by atoms with Crippen molar-refractivity contribution in [3.05, 3.63) is 86.5 Å². The number of halogens is 1. The van der Waals surface area contributed by atoms with Gasteiger partial charge in [0, 0.05) is 28.7 Å². The first-order valence-electron chi connectivity index (χ1n) is 10.3. The first-order valence-corrected chi connectivity index (χ1v) is 12.3. The zero-order valence-electron chi connectivity index (χ0n) is 19.2. The fourth-order valence-corrected chi connectivity index (χ4v) is 4.21. The van der Waals surface area contributed by atoms with Crippen molar-refractivity contribution in [2.75, 3.05) is 11.3 Å². The molecule has 0 atom stereocenters. The number of carbonyl (C=O) groups excluding carboxylic acids is 1. The molecular weight excluding hydrogens is 478 g/mol. The minimum absolute atomic E-state index is 0.0825. The number of anilines is 1. The Kier molecular flexibility index (Phi) is 9.22. The van der Waals surface area contributed by atoms with E-state index in [0.717, 1.165) is 0 Å². The van der Waals surface area contributed by atoms with E-state index in [1.165, 1.54) is 10.6 Å². The number of amides is 1. The lowest BCUT2D eigenvalue weighted by Gasteiger charge is -2.14. The van der Waals surface area contributed by atoms with Gasteiger partial charge in [-0.3, -0.25) is 14.3 Å². The zero-order chi connectivity index (χ0) is 25.5. The van der Waals surface area contributed by atoms with Crippen molar-refractivity contribution in [2.24, 2.45) is 5.73 Å². The van der Waals surface area contributed by atoms with E-state index in [9.17, 15) is 18.0 Å². The third-order valence-electron chi connectivity index (χ3n) is 4.73. The maximum atomic E-state index is 12.9. The molecule has 1 heterocycles. The number of carbonyl (C=O) groups is 1. The smallest absolute Gasteiger partial charge is 0.275 e. The van der Waals surface area contributed by atoms with Crippen LogP contribution in [0.15, 0.2) is 64.6 Å². The monoisotopic (exact) mass is 505 g/mol. The average molecular weight is 506 g/mol. The molecule has 0 aliphatic carbocycles. The molecule has 0 radical (unpaired) electrons. The Labute approximate surface area is 203 Å². The highest BCUT2D eigenvalue weighted by molar-refractivity contribution is 7.91. The van der Waals surface area contributed by atoms with Gasteiger partial charge in [0.15, 0.2) is 0 Å². The molecule has 2 aromatic rings. The molecule has 5 N–H and O–H groups in total. The highest BCUT2D eigenvalue weighted by atomic mass is 35.5. The highest BCUT2D eigenvalue weighted by Crippen LogP contribution is 2.14. The molecule has 0 aliphatic heterocycles. The summed E-state index contributed by atoms with van der Waals surface area (Å²) in [5, 5.41) is 11.0. The number of rotatable bonds is 10. The number of hydrogen-bond acceptors (Lipinski definition) is 6. The van der Waals surface area contributed by atoms with Crippen LogP contribution in [0.1, 0.15) is 25.1 Å². The predicted molar refractivity (Wildman–Crippen MR) is 136 cm³/mol. The lowest BCUT2D eigenvalue weighted by atomic mass is 10.1. The molecule has 182 valence electrons. The second-order valence-electron chi connectivity index (χ2n) is 7.77. The van der Waals surface area contributed by atoms with Crippen LogP contribution in [0, 0.1) is 12.3 Å². The molecule has 1 amide bonds. The summed E-state index contributed by atoms with van der Waals surface area (Å²) in [7, 11) is -3.88. The van der Waals surface area contributed by atoms with Gasteiger partial charge in [-0.1, -0.05) is 29.8 Å². The predicted octanol–water partition coefficient (Wildman–Crippen LogP) is 2.70. The van der Waals surface area contributed by atoms with Gasteiger partial charge < -0.3 is 21.0 Å². The van der Waals surface area contributed by atoms with Crippen LogP contribution >= 0.6 is 11.6 Å². The summed E-state index contributed by atoms with van der Waals surface area (Å²) in [6, 6.07) is 9.25. The summed E-state index contributed by atoms with van der Waals surface area (Å²) in [5.74, 6) is -0.806. The van der Waals surface area contributed by atoms with Gasteiger partial charge in [-0.15, -0.1) is 0 Å². The van der Waals surface area contributed by atoms with Crippen molar-refractivity contribution in [3.8, 4) is 0 Å². The number of allylic oxidation sites excluding steroid dienone is 3. The number of nitrogens with one attached hydrogen (secondary N) is 3. The average Bonchev–Trinajstić information content (AvgIpc) is 2.74. The maximum absolute atomic E-state index is 12.9. The van der Waals surface area contributed by atoms with Gasteiger partial charge in [-0.25, -0.2) is 8.42 Å². The second kappa shape index (κ2) is 11.7. The van der Waals surface area contributed by atoms with Gasteiger partial charge in [0.2, 0.25) is 15.9 Å². The van der Waals surface area contributed by atoms with Crippen LogP contribution in [0.5, 0.6) is 0 Å². The SMILES string of the molecule is CC(=N)/C(=C\C=C(\C)N)CNC(=O)Cn1c(C)ccc(NS(=O)(=O)Cc2ccc(Cl)cc2)c1=O. The number of pyridine rings is 1. The van der Waals surface area contributed by atoms with Crippen molar-refractivity contribution in [3.63, 3.8) is 0 Å². The molecule has 0 aliphatic rings. The topological polar surface area (TPSA) is 147 Å². The summed E-state index contributed by atoms with van der Waals surface area (Å²) in [6.07, 6.45) is 3.28. The van der Waals surface area contributed by atoms with Gasteiger partial charge in [-0.05, 0) is 62.2 Å². The van der Waals surface area contributed by atoms with E-state index in [1.807, 2.05) is 0 Å². The molecule has 0 fully saturated rings. The molecule has 11 heteroatoms. The van der Waals surface area contributed by atoms with E-state index in [4.69, 9.17) is 22.7 Å². The van der Waals surface area contributed by atoms with Gasteiger partial charge in [0.1, 0.15) is 12.2 Å². The second-order valence-corrected chi connectivity index (χ2v) is 9.93. The number of sulfonamides is 1. The van der Waals surface area contributed by atoms with Crippen LogP contribution in [0.2, 0.25) is 5.02 Å². The number of hydrogen-bond donors (Lipinski definition) is 4. The molecule has 0 bridgehead atoms. The molecule has 1 aromatic carbocycles. The molecule has 34 heavy (non-hydrogen) atoms. The van der Waals surface area contributed by atoms with E-state index in [1.54, 1.807) is 63.3 Å². The summed E-state index contributed by atoms with van der Waals surface area (Å²) in [5.41, 5.74) is 7.18. The van der Waals surface area contributed by atoms with Crippen LogP contribution in [-0.4, -0.2) is 31.1 Å². The number of nitrogens with zero attached hydrogens (tertiary/aromatic N) is 1. The standard InChI is InChI=1S/C23H28ClN5O4S/c1-15(25)4-8-19(17(3)26)12-27-22(30)13-29-16(2)5-11-21(23(29)31)28-34(32,33)14-18-6-9-20(24)10-7-18/h4-11,26,28H,12-14,25H2,1-3H3,(H,27,30)/b15-4-,19-8-,26-17?. The fraction of sp³-hybridized carbons (Fsp3) is 0.261. The number of benzene rings is 1. The van der Waals surface area contributed by atoms with Crippen molar-refractivity contribution >= 4 is 38.9 Å². The zero-order valence-corrected chi connectivity index (χ0v) is 20.8. The third-order valence-corrected chi connectivity index (χ3v) is 6.23. The van der Waals surface area contributed by atoms with Crippen molar-refractivity contribution in [1.82, 2.24) is 9.88 Å². The van der Waals surface area contributed by atoms with Gasteiger partial charge in [0.25, 0.3) is 5.56 Å². The van der Waals surface area contributed by atoms with Crippen LogP contribution < -0.4 is 21.3 Å². The minimum Gasteiger partial charge on any atom is -0.402 e. The molecule has 0 spiro atoms. The molecule has 0 unspecified atom stereocenters. The van der Waals surface area contributed by atoms with E-state index in [2.05, 4.69) is 10.0 Å². The van der Waals surface area contributed by atoms with Crippen molar-refractivity contribution in [1.29, 1.82) is 5.41 Å². The Morgan fingerprint density at radius 1 is 1.15 bits per heavy atom. The van der Waals surface area contributed by atoms with E-state index >= 15 is 0 Å². The summed E-state index contributed by atoms with van der Waals surface area (Å²) >= 11 is 5.83. The Balaban J connectivity index is 2.15. The largest absolute Gasteiger partial charge is 0.402 e. The number of aryl methyl sites for hydroxylation is 1. The third kappa shape index (κ3) is 8.20. The molecule has 2 rings (SSSR count). The van der Waals surface area contributed by atoms with Crippen LogP contribution in [0.25, 0.3) is 0 Å².